The van der Waals surface area contributed by atoms with Crippen LogP contribution in [0.4, 0.5) is 0 Å². The zero-order valence-corrected chi connectivity index (χ0v) is 11.4. The summed E-state index contributed by atoms with van der Waals surface area (Å²) in [6, 6.07) is 2.02. The van der Waals surface area contributed by atoms with Crippen molar-refractivity contribution in [3.05, 3.63) is 48.1 Å². The van der Waals surface area contributed by atoms with Crippen LogP contribution < -0.4 is 10.6 Å². The van der Waals surface area contributed by atoms with Gasteiger partial charge in [0.1, 0.15) is 0 Å². The molecule has 0 saturated heterocycles. The first kappa shape index (κ1) is 15.2. The third kappa shape index (κ3) is 6.40. The van der Waals surface area contributed by atoms with Crippen LogP contribution in [0.25, 0.3) is 5.57 Å². The summed E-state index contributed by atoms with van der Waals surface area (Å²) in [7, 11) is 3.77. The number of pyridine rings is 1. The van der Waals surface area contributed by atoms with Gasteiger partial charge in [0, 0.05) is 32.1 Å². The van der Waals surface area contributed by atoms with Crippen LogP contribution in [0.2, 0.25) is 0 Å². The minimum atomic E-state index is 1.20. The van der Waals surface area contributed by atoms with Gasteiger partial charge in [-0.15, -0.1) is 0 Å². The molecule has 0 unspecified atom stereocenters. The fourth-order valence-electron chi connectivity index (χ4n) is 1.34. The Morgan fingerprint density at radius 2 is 2.00 bits per heavy atom. The average molecular weight is 233 g/mol. The van der Waals surface area contributed by atoms with Crippen molar-refractivity contribution in [3.63, 3.8) is 0 Å². The van der Waals surface area contributed by atoms with E-state index in [0.29, 0.717) is 0 Å². The molecular formula is C14H23N3. The lowest BCUT2D eigenvalue weighted by Crippen LogP contribution is -1.95. The molecule has 2 N–H and O–H groups in total. The number of allylic oxidation sites excluding steroid dienone is 2. The van der Waals surface area contributed by atoms with E-state index in [2.05, 4.69) is 29.5 Å². The fourth-order valence-corrected chi connectivity index (χ4v) is 1.34. The Balaban J connectivity index is 0.000000437. The number of nitrogens with one attached hydrogen (secondary N) is 2. The molecule has 0 aliphatic heterocycles. The van der Waals surface area contributed by atoms with E-state index < -0.39 is 0 Å². The van der Waals surface area contributed by atoms with Crippen molar-refractivity contribution in [3.8, 4) is 0 Å². The maximum absolute atomic E-state index is 4.08. The number of aromatic nitrogens is 1. The van der Waals surface area contributed by atoms with E-state index in [1.807, 2.05) is 58.0 Å². The van der Waals surface area contributed by atoms with Gasteiger partial charge in [0.25, 0.3) is 0 Å². The molecule has 3 heteroatoms. The molecule has 0 bridgehead atoms. The second-order valence-electron chi connectivity index (χ2n) is 3.60. The van der Waals surface area contributed by atoms with Crippen molar-refractivity contribution >= 4 is 5.57 Å². The van der Waals surface area contributed by atoms with Crippen LogP contribution in [-0.2, 0) is 0 Å². The summed E-state index contributed by atoms with van der Waals surface area (Å²) in [6.07, 6.45) is 9.49. The first-order valence-corrected chi connectivity index (χ1v) is 5.70. The lowest BCUT2D eigenvalue weighted by atomic mass is 10.1. The van der Waals surface area contributed by atoms with Gasteiger partial charge in [-0.2, -0.15) is 0 Å². The SMILES string of the molecule is C/C=C/NC.CN/C=C(\C)c1cnccc1C. The van der Waals surface area contributed by atoms with Crippen LogP contribution in [0.1, 0.15) is 25.0 Å². The second kappa shape index (κ2) is 9.46. The number of hydrogen-bond donors (Lipinski definition) is 2. The summed E-state index contributed by atoms with van der Waals surface area (Å²) < 4.78 is 0. The Kier molecular flexibility index (Phi) is 8.47. The Morgan fingerprint density at radius 3 is 2.41 bits per heavy atom. The van der Waals surface area contributed by atoms with Gasteiger partial charge in [-0.25, -0.2) is 0 Å². The van der Waals surface area contributed by atoms with Crippen molar-refractivity contribution in [1.29, 1.82) is 0 Å². The van der Waals surface area contributed by atoms with E-state index in [-0.39, 0.29) is 0 Å². The van der Waals surface area contributed by atoms with E-state index in [1.54, 1.807) is 0 Å². The van der Waals surface area contributed by atoms with E-state index in [9.17, 15) is 0 Å². The average Bonchev–Trinajstić information content (AvgIpc) is 2.32. The molecule has 0 saturated carbocycles. The first-order valence-electron chi connectivity index (χ1n) is 5.70. The standard InChI is InChI=1S/C10H14N2.C4H9N/c1-8-4-5-12-7-10(8)9(2)6-11-3;1-3-4-5-2/h4-7,11H,1-3H3;3-5H,1-2H3/b9-6+;4-3+. The van der Waals surface area contributed by atoms with Gasteiger partial charge in [0.05, 0.1) is 0 Å². The van der Waals surface area contributed by atoms with Crippen LogP contribution in [0.3, 0.4) is 0 Å². The van der Waals surface area contributed by atoms with Gasteiger partial charge >= 0.3 is 0 Å². The number of hydrogen-bond acceptors (Lipinski definition) is 3. The molecule has 0 aliphatic rings. The molecule has 94 valence electrons. The molecule has 0 atom stereocenters. The molecule has 0 spiro atoms. The van der Waals surface area contributed by atoms with Crippen molar-refractivity contribution < 1.29 is 0 Å². The number of nitrogens with zero attached hydrogens (tertiary/aromatic N) is 1. The summed E-state index contributed by atoms with van der Waals surface area (Å²) in [5.74, 6) is 0. The highest BCUT2D eigenvalue weighted by atomic mass is 14.8. The summed E-state index contributed by atoms with van der Waals surface area (Å²) in [6.45, 7) is 6.13. The van der Waals surface area contributed by atoms with Crippen LogP contribution in [-0.4, -0.2) is 19.1 Å². The Morgan fingerprint density at radius 1 is 1.29 bits per heavy atom. The van der Waals surface area contributed by atoms with Crippen LogP contribution in [0.15, 0.2) is 36.9 Å². The van der Waals surface area contributed by atoms with Crippen molar-refractivity contribution in [1.82, 2.24) is 15.6 Å². The molecule has 3 nitrogen and oxygen atoms in total. The number of rotatable bonds is 3. The van der Waals surface area contributed by atoms with Gasteiger partial charge in [-0.3, -0.25) is 4.98 Å². The minimum Gasteiger partial charge on any atom is -0.394 e. The molecule has 0 amide bonds. The number of aryl methyl sites for hydroxylation is 1. The highest BCUT2D eigenvalue weighted by Crippen LogP contribution is 2.15. The van der Waals surface area contributed by atoms with Crippen LogP contribution >= 0.6 is 0 Å². The van der Waals surface area contributed by atoms with E-state index >= 15 is 0 Å². The van der Waals surface area contributed by atoms with E-state index in [1.165, 1.54) is 16.7 Å². The molecule has 0 aromatic carbocycles. The maximum atomic E-state index is 4.08. The van der Waals surface area contributed by atoms with Crippen LogP contribution in [0, 0.1) is 6.92 Å². The highest BCUT2D eigenvalue weighted by Gasteiger charge is 1.97. The zero-order valence-electron chi connectivity index (χ0n) is 11.4. The summed E-state index contributed by atoms with van der Waals surface area (Å²) >= 11 is 0. The molecule has 0 fully saturated rings. The molecular weight excluding hydrogens is 210 g/mol. The molecule has 17 heavy (non-hydrogen) atoms. The van der Waals surface area contributed by atoms with Crippen molar-refractivity contribution in [2.75, 3.05) is 14.1 Å². The first-order chi connectivity index (χ1) is 8.17. The minimum absolute atomic E-state index is 1.20. The smallest absolute Gasteiger partial charge is 0.0346 e. The van der Waals surface area contributed by atoms with E-state index in [0.717, 1.165) is 0 Å². The topological polar surface area (TPSA) is 37.0 Å². The largest absolute Gasteiger partial charge is 0.394 e. The molecule has 1 aromatic rings. The van der Waals surface area contributed by atoms with Gasteiger partial charge < -0.3 is 10.6 Å². The fraction of sp³-hybridized carbons (Fsp3) is 0.357. The Labute approximate surface area is 105 Å². The molecule has 0 radical (unpaired) electrons. The molecule has 1 rings (SSSR count). The normalized spacial score (nSPS) is 10.8. The summed E-state index contributed by atoms with van der Waals surface area (Å²) in [5.41, 5.74) is 3.67. The molecule has 1 heterocycles. The van der Waals surface area contributed by atoms with Gasteiger partial charge in [-0.05, 0) is 50.4 Å². The molecule has 0 aliphatic carbocycles. The predicted octanol–water partition coefficient (Wildman–Crippen LogP) is 2.71. The Bertz CT molecular complexity index is 367. The van der Waals surface area contributed by atoms with Crippen molar-refractivity contribution in [2.24, 2.45) is 0 Å². The van der Waals surface area contributed by atoms with Crippen molar-refractivity contribution in [2.45, 2.75) is 20.8 Å². The maximum Gasteiger partial charge on any atom is 0.0346 e. The quantitative estimate of drug-likeness (QED) is 0.843. The lowest BCUT2D eigenvalue weighted by molar-refractivity contribution is 1.10. The monoisotopic (exact) mass is 233 g/mol. The lowest BCUT2D eigenvalue weighted by Gasteiger charge is -2.04. The predicted molar refractivity (Wildman–Crippen MR) is 75.6 cm³/mol. The highest BCUT2D eigenvalue weighted by molar-refractivity contribution is 5.65. The van der Waals surface area contributed by atoms with Gasteiger partial charge in [0.15, 0.2) is 0 Å². The van der Waals surface area contributed by atoms with Gasteiger partial charge in [-0.1, -0.05) is 6.08 Å². The summed E-state index contributed by atoms with van der Waals surface area (Å²) in [4.78, 5) is 4.08. The second-order valence-corrected chi connectivity index (χ2v) is 3.60. The third-order valence-electron chi connectivity index (χ3n) is 2.16. The van der Waals surface area contributed by atoms with Gasteiger partial charge in [0.2, 0.25) is 0 Å². The zero-order chi connectivity index (χ0) is 13.1. The molecule has 1 aromatic heterocycles. The third-order valence-corrected chi connectivity index (χ3v) is 2.16. The van der Waals surface area contributed by atoms with Crippen LogP contribution in [0.5, 0.6) is 0 Å². The Hall–Kier alpha value is -1.77. The van der Waals surface area contributed by atoms with E-state index in [4.69, 9.17) is 0 Å². The summed E-state index contributed by atoms with van der Waals surface area (Å²) in [5, 5.41) is 5.84.